The Morgan fingerprint density at radius 2 is 2.05 bits per heavy atom. The van der Waals surface area contributed by atoms with E-state index in [-0.39, 0.29) is 6.10 Å². The van der Waals surface area contributed by atoms with Crippen molar-refractivity contribution in [1.82, 2.24) is 0 Å². The molecule has 0 saturated carbocycles. The summed E-state index contributed by atoms with van der Waals surface area (Å²) in [4.78, 5) is 0. The first kappa shape index (κ1) is 14.0. The first-order valence-corrected chi connectivity index (χ1v) is 7.20. The monoisotopic (exact) mass is 284 g/mol. The predicted octanol–water partition coefficient (Wildman–Crippen LogP) is 3.41. The molecule has 21 heavy (non-hydrogen) atoms. The number of aliphatic hydroxyl groups excluding tert-OH is 1. The molecule has 1 aliphatic rings. The number of hydrogen-bond donors (Lipinski definition) is 1. The Morgan fingerprint density at radius 3 is 2.81 bits per heavy atom. The van der Waals surface area contributed by atoms with Crippen molar-refractivity contribution in [3.05, 3.63) is 58.7 Å². The second-order valence-corrected chi connectivity index (χ2v) is 5.65. The van der Waals surface area contributed by atoms with Crippen LogP contribution in [0.3, 0.4) is 0 Å². The molecule has 2 aromatic carbocycles. The average molecular weight is 284 g/mol. The Balaban J connectivity index is 1.98. The SMILES string of the molecule is COc1ccc(C)cc1C(O)c1ccc2c(c1)CC(C)O2. The minimum Gasteiger partial charge on any atom is -0.496 e. The maximum atomic E-state index is 10.7. The summed E-state index contributed by atoms with van der Waals surface area (Å²) in [6.45, 7) is 4.06. The van der Waals surface area contributed by atoms with Crippen molar-refractivity contribution >= 4 is 0 Å². The molecule has 0 aromatic heterocycles. The summed E-state index contributed by atoms with van der Waals surface area (Å²) in [6, 6.07) is 11.7. The van der Waals surface area contributed by atoms with E-state index >= 15 is 0 Å². The van der Waals surface area contributed by atoms with E-state index in [2.05, 4.69) is 6.92 Å². The molecular weight excluding hydrogens is 264 g/mol. The van der Waals surface area contributed by atoms with Crippen LogP contribution in [-0.4, -0.2) is 18.3 Å². The van der Waals surface area contributed by atoms with E-state index in [1.807, 2.05) is 43.3 Å². The highest BCUT2D eigenvalue weighted by Gasteiger charge is 2.22. The second-order valence-electron chi connectivity index (χ2n) is 5.65. The van der Waals surface area contributed by atoms with Gasteiger partial charge in [-0.25, -0.2) is 0 Å². The van der Waals surface area contributed by atoms with Gasteiger partial charge in [-0.3, -0.25) is 0 Å². The molecule has 3 nitrogen and oxygen atoms in total. The number of benzene rings is 2. The summed E-state index contributed by atoms with van der Waals surface area (Å²) >= 11 is 0. The average Bonchev–Trinajstić information content (AvgIpc) is 2.85. The van der Waals surface area contributed by atoms with Gasteiger partial charge in [0.15, 0.2) is 0 Å². The van der Waals surface area contributed by atoms with E-state index in [1.165, 1.54) is 0 Å². The van der Waals surface area contributed by atoms with Crippen LogP contribution >= 0.6 is 0 Å². The fraction of sp³-hybridized carbons (Fsp3) is 0.333. The zero-order valence-corrected chi connectivity index (χ0v) is 12.6. The molecule has 1 heterocycles. The lowest BCUT2D eigenvalue weighted by molar-refractivity contribution is 0.214. The lowest BCUT2D eigenvalue weighted by atomic mass is 9.96. The Morgan fingerprint density at radius 1 is 1.24 bits per heavy atom. The van der Waals surface area contributed by atoms with Crippen molar-refractivity contribution in [3.63, 3.8) is 0 Å². The highest BCUT2D eigenvalue weighted by molar-refractivity contribution is 5.46. The molecule has 0 radical (unpaired) electrons. The zero-order chi connectivity index (χ0) is 15.0. The van der Waals surface area contributed by atoms with Crippen molar-refractivity contribution in [1.29, 1.82) is 0 Å². The van der Waals surface area contributed by atoms with Crippen LogP contribution < -0.4 is 9.47 Å². The number of methoxy groups -OCH3 is 1. The van der Waals surface area contributed by atoms with Crippen LogP contribution in [0.4, 0.5) is 0 Å². The van der Waals surface area contributed by atoms with Gasteiger partial charge in [-0.15, -0.1) is 0 Å². The van der Waals surface area contributed by atoms with Crippen molar-refractivity contribution < 1.29 is 14.6 Å². The molecule has 0 aliphatic carbocycles. The first-order chi connectivity index (χ1) is 10.1. The van der Waals surface area contributed by atoms with Gasteiger partial charge in [0.1, 0.15) is 23.7 Å². The number of rotatable bonds is 3. The van der Waals surface area contributed by atoms with Gasteiger partial charge in [-0.1, -0.05) is 17.7 Å². The Kier molecular flexibility index (Phi) is 3.60. The lowest BCUT2D eigenvalue weighted by Gasteiger charge is -2.16. The minimum absolute atomic E-state index is 0.209. The number of ether oxygens (including phenoxy) is 2. The zero-order valence-electron chi connectivity index (χ0n) is 12.6. The highest BCUT2D eigenvalue weighted by atomic mass is 16.5. The molecule has 1 aliphatic heterocycles. The molecule has 110 valence electrons. The minimum atomic E-state index is -0.693. The fourth-order valence-corrected chi connectivity index (χ4v) is 2.86. The Bertz CT molecular complexity index is 664. The molecular formula is C18H20O3. The van der Waals surface area contributed by atoms with Crippen LogP contribution in [0.1, 0.15) is 35.3 Å². The summed E-state index contributed by atoms with van der Waals surface area (Å²) in [5, 5.41) is 10.7. The van der Waals surface area contributed by atoms with E-state index in [1.54, 1.807) is 7.11 Å². The van der Waals surface area contributed by atoms with Crippen molar-refractivity contribution in [2.24, 2.45) is 0 Å². The number of aliphatic hydroxyl groups is 1. The third kappa shape index (κ3) is 2.61. The van der Waals surface area contributed by atoms with Gasteiger partial charge in [0.2, 0.25) is 0 Å². The maximum absolute atomic E-state index is 10.7. The van der Waals surface area contributed by atoms with Gasteiger partial charge in [-0.05, 0) is 49.2 Å². The van der Waals surface area contributed by atoms with Crippen molar-refractivity contribution in [2.75, 3.05) is 7.11 Å². The second kappa shape index (κ2) is 5.41. The Hall–Kier alpha value is -2.00. The van der Waals surface area contributed by atoms with Gasteiger partial charge >= 0.3 is 0 Å². The molecule has 1 N–H and O–H groups in total. The largest absolute Gasteiger partial charge is 0.496 e. The molecule has 0 spiro atoms. The van der Waals surface area contributed by atoms with E-state index in [4.69, 9.17) is 9.47 Å². The Labute approximate surface area is 125 Å². The van der Waals surface area contributed by atoms with Gasteiger partial charge in [-0.2, -0.15) is 0 Å². The van der Waals surface area contributed by atoms with Crippen LogP contribution in [0.15, 0.2) is 36.4 Å². The molecule has 0 bridgehead atoms. The molecule has 0 fully saturated rings. The van der Waals surface area contributed by atoms with Crippen molar-refractivity contribution in [2.45, 2.75) is 32.5 Å². The summed E-state index contributed by atoms with van der Waals surface area (Å²) in [6.07, 6.45) is 0.405. The third-order valence-electron chi connectivity index (χ3n) is 3.92. The topological polar surface area (TPSA) is 38.7 Å². The molecule has 2 aromatic rings. The number of fused-ring (bicyclic) bond motifs is 1. The van der Waals surface area contributed by atoms with Crippen LogP contribution in [0.5, 0.6) is 11.5 Å². The summed E-state index contributed by atoms with van der Waals surface area (Å²) in [5.41, 5.74) is 3.92. The van der Waals surface area contributed by atoms with E-state index in [0.29, 0.717) is 5.75 Å². The maximum Gasteiger partial charge on any atom is 0.125 e. The molecule has 2 atom stereocenters. The fourth-order valence-electron chi connectivity index (χ4n) is 2.86. The molecule has 0 amide bonds. The molecule has 2 unspecified atom stereocenters. The van der Waals surface area contributed by atoms with Gasteiger partial charge in [0.25, 0.3) is 0 Å². The highest BCUT2D eigenvalue weighted by Crippen LogP contribution is 2.35. The van der Waals surface area contributed by atoms with Crippen LogP contribution in [-0.2, 0) is 6.42 Å². The standard InChI is InChI=1S/C18H20O3/c1-11-4-6-17(20-3)15(8-11)18(19)13-5-7-16-14(10-13)9-12(2)21-16/h4-8,10,12,18-19H,9H2,1-3H3. The smallest absolute Gasteiger partial charge is 0.125 e. The van der Waals surface area contributed by atoms with Crippen molar-refractivity contribution in [3.8, 4) is 11.5 Å². The van der Waals surface area contributed by atoms with E-state index in [9.17, 15) is 5.11 Å². The van der Waals surface area contributed by atoms with Crippen LogP contribution in [0, 0.1) is 6.92 Å². The quantitative estimate of drug-likeness (QED) is 0.938. The van der Waals surface area contributed by atoms with Gasteiger partial charge in [0.05, 0.1) is 7.11 Å². The molecule has 3 heteroatoms. The number of hydrogen-bond acceptors (Lipinski definition) is 3. The van der Waals surface area contributed by atoms with E-state index < -0.39 is 6.10 Å². The molecule has 0 saturated heterocycles. The first-order valence-electron chi connectivity index (χ1n) is 7.20. The molecule has 3 rings (SSSR count). The predicted molar refractivity (Wildman–Crippen MR) is 82.0 cm³/mol. The van der Waals surface area contributed by atoms with Gasteiger partial charge < -0.3 is 14.6 Å². The summed E-state index contributed by atoms with van der Waals surface area (Å²) in [7, 11) is 1.62. The lowest BCUT2D eigenvalue weighted by Crippen LogP contribution is -2.05. The van der Waals surface area contributed by atoms with Crippen LogP contribution in [0.2, 0.25) is 0 Å². The summed E-state index contributed by atoms with van der Waals surface area (Å²) in [5.74, 6) is 1.63. The number of aryl methyl sites for hydroxylation is 1. The van der Waals surface area contributed by atoms with E-state index in [0.717, 1.165) is 34.4 Å². The summed E-state index contributed by atoms with van der Waals surface area (Å²) < 4.78 is 11.1. The van der Waals surface area contributed by atoms with Gasteiger partial charge in [0, 0.05) is 12.0 Å². The third-order valence-corrected chi connectivity index (χ3v) is 3.92. The van der Waals surface area contributed by atoms with Crippen LogP contribution in [0.25, 0.3) is 0 Å². The normalized spacial score (nSPS) is 18.0.